The quantitative estimate of drug-likeness (QED) is 0.181. The molecule has 9 nitrogen and oxygen atoms in total. The van der Waals surface area contributed by atoms with E-state index in [4.69, 9.17) is 24.4 Å². The Labute approximate surface area is 258 Å². The Bertz CT molecular complexity index is 1630. The third kappa shape index (κ3) is 5.61. The van der Waals surface area contributed by atoms with E-state index in [2.05, 4.69) is 25.2 Å². The second-order valence-electron chi connectivity index (χ2n) is 13.7. The molecule has 0 amide bonds. The summed E-state index contributed by atoms with van der Waals surface area (Å²) in [5.74, 6) is 0.554. The Kier molecular flexibility index (Phi) is 8.01. The van der Waals surface area contributed by atoms with Crippen LogP contribution in [0.5, 0.6) is 11.5 Å². The first kappa shape index (κ1) is 30.6. The number of carbonyl (C=O) groups excluding carboxylic acids is 1. The fourth-order valence-corrected chi connectivity index (χ4v) is 7.02. The molecule has 44 heavy (non-hydrogen) atoms. The van der Waals surface area contributed by atoms with E-state index in [1.807, 2.05) is 32.0 Å². The lowest BCUT2D eigenvalue weighted by molar-refractivity contribution is -0.170. The van der Waals surface area contributed by atoms with Crippen molar-refractivity contribution in [3.05, 3.63) is 69.1 Å². The number of epoxide rings is 1. The SMILES string of the molecule is Cc1cc(=O)c2c(O)c3c(cc2o1)OC(C)(C)[C@@H]1OC(=O)[C@]2(CCCC[C@H]31)O[C@@H]2Cc1cccc([C@@H](N)NCCC(C)C)c1. The van der Waals surface area contributed by atoms with Crippen LogP contribution in [0.25, 0.3) is 11.0 Å². The van der Waals surface area contributed by atoms with E-state index >= 15 is 0 Å². The number of carbonyl (C=O) groups is 1. The van der Waals surface area contributed by atoms with Gasteiger partial charge in [-0.2, -0.15) is 0 Å². The maximum atomic E-state index is 13.9. The smallest absolute Gasteiger partial charge is 0.341 e. The number of ether oxygens (including phenoxy) is 3. The Hall–Kier alpha value is -3.40. The number of nitrogens with one attached hydrogen (secondary N) is 1. The van der Waals surface area contributed by atoms with Crippen LogP contribution in [-0.2, 0) is 20.7 Å². The van der Waals surface area contributed by atoms with Crippen LogP contribution in [0.4, 0.5) is 0 Å². The number of aromatic hydroxyl groups is 1. The lowest BCUT2D eigenvalue weighted by Crippen LogP contribution is -2.52. The van der Waals surface area contributed by atoms with Crippen LogP contribution >= 0.6 is 0 Å². The Morgan fingerprint density at radius 2 is 1.93 bits per heavy atom. The molecule has 5 atom stereocenters. The van der Waals surface area contributed by atoms with Gasteiger partial charge in [-0.05, 0) is 70.0 Å². The summed E-state index contributed by atoms with van der Waals surface area (Å²) in [5.41, 5.74) is 6.98. The first-order chi connectivity index (χ1) is 20.9. The van der Waals surface area contributed by atoms with Crippen molar-refractivity contribution in [2.24, 2.45) is 11.7 Å². The van der Waals surface area contributed by atoms with Crippen molar-refractivity contribution in [1.29, 1.82) is 0 Å². The van der Waals surface area contributed by atoms with E-state index in [0.717, 1.165) is 36.9 Å². The van der Waals surface area contributed by atoms with Crippen molar-refractivity contribution < 1.29 is 28.5 Å². The van der Waals surface area contributed by atoms with Gasteiger partial charge in [-0.25, -0.2) is 4.79 Å². The van der Waals surface area contributed by atoms with E-state index in [9.17, 15) is 14.7 Å². The fraction of sp³-hybridized carbons (Fsp3) is 0.543. The van der Waals surface area contributed by atoms with Crippen LogP contribution in [0.2, 0.25) is 0 Å². The molecule has 0 aliphatic carbocycles. The van der Waals surface area contributed by atoms with Crippen LogP contribution in [0, 0.1) is 12.8 Å². The van der Waals surface area contributed by atoms with Gasteiger partial charge in [-0.1, -0.05) is 44.5 Å². The minimum Gasteiger partial charge on any atom is -0.507 e. The van der Waals surface area contributed by atoms with Gasteiger partial charge in [-0.15, -0.1) is 0 Å². The van der Waals surface area contributed by atoms with Crippen molar-refractivity contribution in [3.8, 4) is 11.5 Å². The third-order valence-electron chi connectivity index (χ3n) is 9.44. The standard InChI is InChI=1S/C35H44N2O7/c1-19(2)12-14-37-32(36)22-10-8-9-21(16-22)17-27-35(44-27)13-7-6-11-23-28-26(43-34(4,5)31(23)42-33(35)40)18-25-29(30(28)39)24(38)15-20(3)41-25/h8-10,15-16,18-19,23,27,31-32,37,39H,6-7,11-14,17,36H2,1-5H3/t23-,27-,31-,32+,35-/m1/s1. The zero-order valence-electron chi connectivity index (χ0n) is 26.3. The highest BCUT2D eigenvalue weighted by atomic mass is 16.7. The van der Waals surface area contributed by atoms with Gasteiger partial charge in [0.15, 0.2) is 11.0 Å². The molecular formula is C35H44N2O7. The highest BCUT2D eigenvalue weighted by molar-refractivity contribution is 5.88. The van der Waals surface area contributed by atoms with Crippen molar-refractivity contribution in [3.63, 3.8) is 0 Å². The summed E-state index contributed by atoms with van der Waals surface area (Å²) in [7, 11) is 0. The maximum Gasteiger partial charge on any atom is 0.341 e. The number of aryl methyl sites for hydroxylation is 1. The second-order valence-corrected chi connectivity index (χ2v) is 13.7. The molecule has 236 valence electrons. The summed E-state index contributed by atoms with van der Waals surface area (Å²) in [4.78, 5) is 26.8. The lowest BCUT2D eigenvalue weighted by atomic mass is 9.77. The molecule has 2 fully saturated rings. The highest BCUT2D eigenvalue weighted by Crippen LogP contribution is 2.53. The predicted octanol–water partition coefficient (Wildman–Crippen LogP) is 5.52. The van der Waals surface area contributed by atoms with Crippen molar-refractivity contribution in [2.75, 3.05) is 6.54 Å². The molecule has 3 aliphatic heterocycles. The average Bonchev–Trinajstić information content (AvgIpc) is 3.62. The molecule has 0 unspecified atom stereocenters. The monoisotopic (exact) mass is 604 g/mol. The Balaban J connectivity index is 1.23. The Morgan fingerprint density at radius 1 is 1.14 bits per heavy atom. The van der Waals surface area contributed by atoms with Crippen LogP contribution in [0.15, 0.2) is 45.6 Å². The zero-order chi connectivity index (χ0) is 31.4. The van der Waals surface area contributed by atoms with Gasteiger partial charge < -0.3 is 29.5 Å². The van der Waals surface area contributed by atoms with E-state index in [1.54, 1.807) is 13.0 Å². The summed E-state index contributed by atoms with van der Waals surface area (Å²) in [6.45, 7) is 10.7. The molecule has 9 heteroatoms. The molecule has 0 saturated carbocycles. The van der Waals surface area contributed by atoms with E-state index in [0.29, 0.717) is 42.3 Å². The second kappa shape index (κ2) is 11.5. The molecular weight excluding hydrogens is 560 g/mol. The van der Waals surface area contributed by atoms with E-state index in [-0.39, 0.29) is 40.3 Å². The molecule has 4 heterocycles. The molecule has 3 aromatic rings. The maximum absolute atomic E-state index is 13.9. The normalized spacial score (nSPS) is 26.6. The summed E-state index contributed by atoms with van der Waals surface area (Å²) in [5, 5.41) is 14.9. The van der Waals surface area contributed by atoms with Gasteiger partial charge in [-0.3, -0.25) is 10.1 Å². The molecule has 0 radical (unpaired) electrons. The van der Waals surface area contributed by atoms with Crippen molar-refractivity contribution in [2.45, 2.75) is 109 Å². The van der Waals surface area contributed by atoms with Crippen LogP contribution < -0.4 is 21.2 Å². The zero-order valence-corrected chi connectivity index (χ0v) is 26.3. The summed E-state index contributed by atoms with van der Waals surface area (Å²) in [6, 6.07) is 11.2. The van der Waals surface area contributed by atoms with E-state index in [1.165, 1.54) is 6.07 Å². The number of hydrogen-bond donors (Lipinski definition) is 3. The number of phenolic OH excluding ortho intramolecular Hbond substituents is 1. The van der Waals surface area contributed by atoms with Gasteiger partial charge in [0, 0.05) is 30.0 Å². The summed E-state index contributed by atoms with van der Waals surface area (Å²) < 4.78 is 24.6. The van der Waals surface area contributed by atoms with Crippen molar-refractivity contribution in [1.82, 2.24) is 5.32 Å². The minimum atomic E-state index is -1.02. The average molecular weight is 605 g/mol. The van der Waals surface area contributed by atoms with Gasteiger partial charge in [0.2, 0.25) is 0 Å². The largest absolute Gasteiger partial charge is 0.507 e. The number of rotatable bonds is 7. The first-order valence-corrected chi connectivity index (χ1v) is 15.9. The molecule has 6 rings (SSSR count). The molecule has 1 aromatic heterocycles. The fourth-order valence-electron chi connectivity index (χ4n) is 7.02. The highest BCUT2D eigenvalue weighted by Gasteiger charge is 2.64. The number of hydrogen-bond acceptors (Lipinski definition) is 9. The molecule has 4 N–H and O–H groups in total. The third-order valence-corrected chi connectivity index (χ3v) is 9.44. The van der Waals surface area contributed by atoms with Gasteiger partial charge in [0.25, 0.3) is 0 Å². The van der Waals surface area contributed by atoms with Crippen LogP contribution in [-0.4, -0.2) is 41.0 Å². The first-order valence-electron chi connectivity index (χ1n) is 15.9. The molecule has 2 aromatic carbocycles. The number of fused-ring (bicyclic) bond motifs is 4. The molecule has 1 spiro atoms. The lowest BCUT2D eigenvalue weighted by Gasteiger charge is -2.44. The Morgan fingerprint density at radius 3 is 2.70 bits per heavy atom. The summed E-state index contributed by atoms with van der Waals surface area (Å²) in [6.07, 6.45) is 3.09. The van der Waals surface area contributed by atoms with Crippen LogP contribution in [0.3, 0.4) is 0 Å². The van der Waals surface area contributed by atoms with Crippen LogP contribution in [0.1, 0.15) is 94.3 Å². The van der Waals surface area contributed by atoms with Gasteiger partial charge >= 0.3 is 5.97 Å². The topological polar surface area (TPSA) is 137 Å². The van der Waals surface area contributed by atoms with Crippen molar-refractivity contribution >= 4 is 16.9 Å². The number of esters is 1. The summed E-state index contributed by atoms with van der Waals surface area (Å²) >= 11 is 0. The number of nitrogens with two attached hydrogens (primary N) is 1. The van der Waals surface area contributed by atoms with Gasteiger partial charge in [0.1, 0.15) is 46.0 Å². The number of phenols is 1. The van der Waals surface area contributed by atoms with E-state index < -0.39 is 23.3 Å². The minimum absolute atomic E-state index is 0.113. The van der Waals surface area contributed by atoms with Gasteiger partial charge in [0.05, 0.1) is 6.17 Å². The molecule has 3 aliphatic rings. The molecule has 2 saturated heterocycles. The molecule has 0 bridgehead atoms. The predicted molar refractivity (Wildman–Crippen MR) is 167 cm³/mol. The number of benzene rings is 2.